The highest BCUT2D eigenvalue weighted by molar-refractivity contribution is 7.10. The minimum atomic E-state index is 0.263. The third kappa shape index (κ3) is 2.82. The summed E-state index contributed by atoms with van der Waals surface area (Å²) >= 11 is 1.57. The standard InChI is InChI=1S/C11H9N3S/c12-10-4-2-1-3-9(14-10)5-6-11-13-7-8-15-11/h1-8,12H. The van der Waals surface area contributed by atoms with Crippen LogP contribution in [0.15, 0.2) is 35.8 Å². The zero-order valence-electron chi connectivity index (χ0n) is 7.92. The Hall–Kier alpha value is -1.81. The molecule has 0 spiro atoms. The zero-order chi connectivity index (χ0) is 10.5. The number of aromatic nitrogens is 2. The monoisotopic (exact) mass is 215 g/mol. The summed E-state index contributed by atoms with van der Waals surface area (Å²) < 4.78 is 0. The van der Waals surface area contributed by atoms with Gasteiger partial charge in [-0.05, 0) is 24.3 Å². The first-order valence-electron chi connectivity index (χ1n) is 4.44. The van der Waals surface area contributed by atoms with Gasteiger partial charge in [0.15, 0.2) is 0 Å². The lowest BCUT2D eigenvalue weighted by Gasteiger charge is -1.84. The molecule has 0 bridgehead atoms. The Kier molecular flexibility index (Phi) is 2.99. The first-order chi connectivity index (χ1) is 7.34. The van der Waals surface area contributed by atoms with Crippen LogP contribution in [-0.4, -0.2) is 9.97 Å². The molecule has 0 aliphatic rings. The van der Waals surface area contributed by atoms with Crippen LogP contribution >= 0.6 is 11.3 Å². The molecule has 1 N–H and O–H groups in total. The highest BCUT2D eigenvalue weighted by Crippen LogP contribution is 2.07. The van der Waals surface area contributed by atoms with E-state index in [1.54, 1.807) is 29.7 Å². The number of nitrogens with zero attached hydrogens (tertiary/aromatic N) is 2. The van der Waals surface area contributed by atoms with Gasteiger partial charge in [0.1, 0.15) is 10.5 Å². The first kappa shape index (κ1) is 9.73. The number of nitrogens with one attached hydrogen (secondary N) is 1. The van der Waals surface area contributed by atoms with Gasteiger partial charge in [-0.2, -0.15) is 0 Å². The Balaban J connectivity index is 2.29. The number of thiazole rings is 1. The highest BCUT2D eigenvalue weighted by atomic mass is 32.1. The molecule has 0 aromatic carbocycles. The molecule has 0 aliphatic heterocycles. The second-order valence-corrected chi connectivity index (χ2v) is 3.77. The smallest absolute Gasteiger partial charge is 0.145 e. The normalized spacial score (nSPS) is 10.7. The van der Waals surface area contributed by atoms with Crippen molar-refractivity contribution in [1.29, 1.82) is 5.41 Å². The van der Waals surface area contributed by atoms with Gasteiger partial charge in [-0.3, -0.25) is 5.41 Å². The quantitative estimate of drug-likeness (QED) is 0.834. The SMILES string of the molecule is N=c1ccccc(C=Cc2nccs2)n1. The van der Waals surface area contributed by atoms with Gasteiger partial charge < -0.3 is 0 Å². The van der Waals surface area contributed by atoms with E-state index in [2.05, 4.69) is 9.97 Å². The van der Waals surface area contributed by atoms with Crippen molar-refractivity contribution in [1.82, 2.24) is 9.97 Å². The fourth-order valence-electron chi connectivity index (χ4n) is 1.08. The Bertz CT molecular complexity index is 517. The van der Waals surface area contributed by atoms with Crippen LogP contribution in [0, 0.1) is 5.41 Å². The van der Waals surface area contributed by atoms with Crippen LogP contribution in [-0.2, 0) is 0 Å². The molecule has 0 atom stereocenters. The van der Waals surface area contributed by atoms with Crippen molar-refractivity contribution in [3.8, 4) is 0 Å². The van der Waals surface area contributed by atoms with Crippen LogP contribution in [0.25, 0.3) is 12.2 Å². The number of hydrogen-bond acceptors (Lipinski definition) is 4. The summed E-state index contributed by atoms with van der Waals surface area (Å²) in [5.74, 6) is 0. The molecule has 0 radical (unpaired) electrons. The Morgan fingerprint density at radius 1 is 1.20 bits per heavy atom. The van der Waals surface area contributed by atoms with Gasteiger partial charge in [0, 0.05) is 11.6 Å². The lowest BCUT2D eigenvalue weighted by atomic mass is 10.3. The first-order valence-corrected chi connectivity index (χ1v) is 5.32. The van der Waals surface area contributed by atoms with Crippen molar-refractivity contribution in [3.05, 3.63) is 52.0 Å². The molecule has 4 heteroatoms. The summed E-state index contributed by atoms with van der Waals surface area (Å²) in [6, 6.07) is 7.19. The molecule has 2 aromatic heterocycles. The molecule has 0 saturated heterocycles. The molecule has 74 valence electrons. The molecule has 0 unspecified atom stereocenters. The van der Waals surface area contributed by atoms with Crippen LogP contribution < -0.4 is 5.49 Å². The van der Waals surface area contributed by atoms with E-state index in [1.165, 1.54) is 0 Å². The topological polar surface area (TPSA) is 49.6 Å². The van der Waals surface area contributed by atoms with Crippen molar-refractivity contribution < 1.29 is 0 Å². The maximum Gasteiger partial charge on any atom is 0.145 e. The summed E-state index contributed by atoms with van der Waals surface area (Å²) in [4.78, 5) is 8.22. The largest absolute Gasteiger partial charge is 0.283 e. The zero-order valence-corrected chi connectivity index (χ0v) is 8.74. The molecular weight excluding hydrogens is 206 g/mol. The van der Waals surface area contributed by atoms with Crippen molar-refractivity contribution >= 4 is 23.5 Å². The minimum Gasteiger partial charge on any atom is -0.283 e. The highest BCUT2D eigenvalue weighted by Gasteiger charge is 1.89. The van der Waals surface area contributed by atoms with Gasteiger partial charge in [-0.25, -0.2) is 9.97 Å². The predicted octanol–water partition coefficient (Wildman–Crippen LogP) is 2.19. The van der Waals surface area contributed by atoms with Crippen molar-refractivity contribution in [2.24, 2.45) is 0 Å². The van der Waals surface area contributed by atoms with Crippen LogP contribution in [0.2, 0.25) is 0 Å². The van der Waals surface area contributed by atoms with E-state index in [9.17, 15) is 0 Å². The van der Waals surface area contributed by atoms with Crippen LogP contribution in [0.5, 0.6) is 0 Å². The average Bonchev–Trinajstić information content (AvgIpc) is 2.65. The number of hydrogen-bond donors (Lipinski definition) is 1. The van der Waals surface area contributed by atoms with E-state index in [0.717, 1.165) is 10.7 Å². The average molecular weight is 215 g/mol. The molecule has 2 rings (SSSR count). The Morgan fingerprint density at radius 2 is 2.07 bits per heavy atom. The Labute approximate surface area is 91.3 Å². The van der Waals surface area contributed by atoms with E-state index in [1.807, 2.05) is 29.7 Å². The van der Waals surface area contributed by atoms with Crippen molar-refractivity contribution in [2.45, 2.75) is 0 Å². The molecule has 3 nitrogen and oxygen atoms in total. The molecule has 2 aromatic rings. The van der Waals surface area contributed by atoms with Gasteiger partial charge in [-0.1, -0.05) is 12.1 Å². The van der Waals surface area contributed by atoms with Crippen LogP contribution in [0.1, 0.15) is 10.7 Å². The molecule has 15 heavy (non-hydrogen) atoms. The third-order valence-electron chi connectivity index (χ3n) is 1.73. The second kappa shape index (κ2) is 4.61. The Morgan fingerprint density at radius 3 is 2.87 bits per heavy atom. The van der Waals surface area contributed by atoms with Gasteiger partial charge in [0.2, 0.25) is 0 Å². The van der Waals surface area contributed by atoms with E-state index in [-0.39, 0.29) is 5.49 Å². The van der Waals surface area contributed by atoms with Gasteiger partial charge in [0.05, 0.1) is 5.69 Å². The van der Waals surface area contributed by atoms with E-state index < -0.39 is 0 Å². The maximum atomic E-state index is 7.45. The van der Waals surface area contributed by atoms with Gasteiger partial charge in [0.25, 0.3) is 0 Å². The molecule has 0 aliphatic carbocycles. The molecule has 0 fully saturated rings. The van der Waals surface area contributed by atoms with Crippen molar-refractivity contribution in [3.63, 3.8) is 0 Å². The molecule has 0 saturated carbocycles. The fourth-order valence-corrected chi connectivity index (χ4v) is 1.61. The van der Waals surface area contributed by atoms with Crippen LogP contribution in [0.4, 0.5) is 0 Å². The van der Waals surface area contributed by atoms with Crippen molar-refractivity contribution in [2.75, 3.05) is 0 Å². The molecule has 2 heterocycles. The maximum absolute atomic E-state index is 7.45. The molecular formula is C11H9N3S. The fraction of sp³-hybridized carbons (Fsp3) is 0. The minimum absolute atomic E-state index is 0.263. The van der Waals surface area contributed by atoms with Gasteiger partial charge in [-0.15, -0.1) is 11.3 Å². The number of rotatable bonds is 2. The van der Waals surface area contributed by atoms with Crippen LogP contribution in [0.3, 0.4) is 0 Å². The molecule has 0 amide bonds. The third-order valence-corrected chi connectivity index (χ3v) is 2.47. The summed E-state index contributed by atoms with van der Waals surface area (Å²) in [6.45, 7) is 0. The van der Waals surface area contributed by atoms with E-state index in [0.29, 0.717) is 0 Å². The predicted molar refractivity (Wildman–Crippen MR) is 61.1 cm³/mol. The summed E-state index contributed by atoms with van der Waals surface area (Å²) in [6.07, 6.45) is 5.52. The second-order valence-electron chi connectivity index (χ2n) is 2.84. The lowest BCUT2D eigenvalue weighted by molar-refractivity contribution is 1.11. The van der Waals surface area contributed by atoms with E-state index >= 15 is 0 Å². The summed E-state index contributed by atoms with van der Waals surface area (Å²) in [7, 11) is 0. The summed E-state index contributed by atoms with van der Waals surface area (Å²) in [5, 5.41) is 10.3. The van der Waals surface area contributed by atoms with Gasteiger partial charge >= 0.3 is 0 Å². The summed E-state index contributed by atoms with van der Waals surface area (Å²) in [5.41, 5.74) is 1.03. The lowest BCUT2D eigenvalue weighted by Crippen LogP contribution is -1.99. The van der Waals surface area contributed by atoms with E-state index in [4.69, 9.17) is 5.41 Å².